The van der Waals surface area contributed by atoms with Gasteiger partial charge in [-0.15, -0.1) is 24.0 Å². The van der Waals surface area contributed by atoms with Crippen molar-refractivity contribution in [2.45, 2.75) is 32.3 Å². The number of nitrogens with one attached hydrogen (secondary N) is 2. The Hall–Kier alpha value is -1.48. The highest BCUT2D eigenvalue weighted by Crippen LogP contribution is 2.20. The lowest BCUT2D eigenvalue weighted by Crippen LogP contribution is -2.40. The minimum atomic E-state index is -1.13. The van der Waals surface area contributed by atoms with Gasteiger partial charge in [-0.25, -0.2) is 4.99 Å². The van der Waals surface area contributed by atoms with Gasteiger partial charge in [0.25, 0.3) is 0 Å². The van der Waals surface area contributed by atoms with Gasteiger partial charge < -0.3 is 24.6 Å². The SMILES string of the molecule is CCCNC(=NCC(C)(O)c1ccco1)NCCc1ccco1.I. The molecule has 3 N–H and O–H groups in total. The van der Waals surface area contributed by atoms with Crippen LogP contribution in [0, 0.1) is 0 Å². The van der Waals surface area contributed by atoms with E-state index in [1.807, 2.05) is 12.1 Å². The number of hydrogen-bond donors (Lipinski definition) is 3. The van der Waals surface area contributed by atoms with Crippen LogP contribution in [0.4, 0.5) is 0 Å². The quantitative estimate of drug-likeness (QED) is 0.330. The van der Waals surface area contributed by atoms with Gasteiger partial charge in [-0.3, -0.25) is 0 Å². The third kappa shape index (κ3) is 6.56. The maximum atomic E-state index is 10.5. The van der Waals surface area contributed by atoms with Crippen LogP contribution in [-0.4, -0.2) is 30.7 Å². The summed E-state index contributed by atoms with van der Waals surface area (Å²) >= 11 is 0. The molecule has 0 aliphatic heterocycles. The monoisotopic (exact) mass is 447 g/mol. The Bertz CT molecular complexity index is 580. The molecule has 0 bridgehead atoms. The van der Waals surface area contributed by atoms with E-state index in [-0.39, 0.29) is 30.5 Å². The summed E-state index contributed by atoms with van der Waals surface area (Å²) in [6.45, 7) is 5.50. The van der Waals surface area contributed by atoms with Gasteiger partial charge in [-0.2, -0.15) is 0 Å². The number of aliphatic imine (C=N–C) groups is 1. The molecule has 2 heterocycles. The molecular formula is C17H26IN3O3. The van der Waals surface area contributed by atoms with Crippen molar-refractivity contribution in [3.8, 4) is 0 Å². The summed E-state index contributed by atoms with van der Waals surface area (Å²) in [4.78, 5) is 4.46. The molecule has 2 rings (SSSR count). The van der Waals surface area contributed by atoms with Crippen molar-refractivity contribution < 1.29 is 13.9 Å². The molecule has 2 aromatic heterocycles. The zero-order chi connectivity index (χ0) is 16.5. The van der Waals surface area contributed by atoms with E-state index in [0.29, 0.717) is 18.3 Å². The fourth-order valence-corrected chi connectivity index (χ4v) is 2.07. The minimum absolute atomic E-state index is 0. The standard InChI is InChI=1S/C17H25N3O3.HI/c1-3-9-18-16(19-10-8-14-6-4-11-22-14)20-13-17(2,21)15-7-5-12-23-15;/h4-7,11-12,21H,3,8-10,13H2,1-2H3,(H2,18,19,20);1H. The highest BCUT2D eigenvalue weighted by Gasteiger charge is 2.26. The predicted octanol–water partition coefficient (Wildman–Crippen LogP) is 2.89. The van der Waals surface area contributed by atoms with Crippen LogP contribution in [0.5, 0.6) is 0 Å². The second kappa shape index (κ2) is 10.4. The van der Waals surface area contributed by atoms with Crippen molar-refractivity contribution >= 4 is 29.9 Å². The van der Waals surface area contributed by atoms with Gasteiger partial charge in [0, 0.05) is 19.5 Å². The van der Waals surface area contributed by atoms with Crippen LogP contribution in [0.1, 0.15) is 31.8 Å². The molecule has 0 radical (unpaired) electrons. The first kappa shape index (κ1) is 20.6. The van der Waals surface area contributed by atoms with E-state index in [0.717, 1.165) is 25.1 Å². The van der Waals surface area contributed by atoms with Crippen LogP contribution >= 0.6 is 24.0 Å². The van der Waals surface area contributed by atoms with E-state index in [1.165, 1.54) is 0 Å². The molecule has 1 atom stereocenters. The van der Waals surface area contributed by atoms with Crippen molar-refractivity contribution in [3.05, 3.63) is 48.3 Å². The summed E-state index contributed by atoms with van der Waals surface area (Å²) < 4.78 is 10.6. The van der Waals surface area contributed by atoms with Crippen LogP contribution in [0.3, 0.4) is 0 Å². The molecule has 0 aliphatic carbocycles. The Labute approximate surface area is 159 Å². The number of hydrogen-bond acceptors (Lipinski definition) is 4. The molecule has 0 aromatic carbocycles. The molecule has 2 aromatic rings. The first-order valence-corrected chi connectivity index (χ1v) is 7.93. The Balaban J connectivity index is 0.00000288. The summed E-state index contributed by atoms with van der Waals surface area (Å²) in [5.41, 5.74) is -1.13. The Morgan fingerprint density at radius 2 is 1.88 bits per heavy atom. The van der Waals surface area contributed by atoms with Gasteiger partial charge in [0.05, 0.1) is 19.1 Å². The molecule has 0 saturated carbocycles. The topological polar surface area (TPSA) is 82.9 Å². The highest BCUT2D eigenvalue weighted by molar-refractivity contribution is 14.0. The van der Waals surface area contributed by atoms with E-state index in [9.17, 15) is 5.11 Å². The van der Waals surface area contributed by atoms with Crippen molar-refractivity contribution in [2.75, 3.05) is 19.6 Å². The second-order valence-electron chi connectivity index (χ2n) is 5.60. The Morgan fingerprint density at radius 1 is 1.17 bits per heavy atom. The van der Waals surface area contributed by atoms with E-state index in [2.05, 4.69) is 22.5 Å². The zero-order valence-electron chi connectivity index (χ0n) is 14.1. The van der Waals surface area contributed by atoms with Crippen molar-refractivity contribution in [2.24, 2.45) is 4.99 Å². The number of halogens is 1. The summed E-state index contributed by atoms with van der Waals surface area (Å²) in [6.07, 6.45) is 4.98. The molecule has 0 fully saturated rings. The molecule has 24 heavy (non-hydrogen) atoms. The zero-order valence-corrected chi connectivity index (χ0v) is 16.4. The smallest absolute Gasteiger partial charge is 0.191 e. The maximum absolute atomic E-state index is 10.5. The van der Waals surface area contributed by atoms with Crippen LogP contribution in [0.15, 0.2) is 50.6 Å². The molecule has 0 aliphatic rings. The van der Waals surface area contributed by atoms with Gasteiger partial charge >= 0.3 is 0 Å². The number of aliphatic hydroxyl groups is 1. The highest BCUT2D eigenvalue weighted by atomic mass is 127. The summed E-state index contributed by atoms with van der Waals surface area (Å²) in [6, 6.07) is 7.32. The summed E-state index contributed by atoms with van der Waals surface area (Å²) in [7, 11) is 0. The minimum Gasteiger partial charge on any atom is -0.469 e. The number of furan rings is 2. The van der Waals surface area contributed by atoms with Crippen LogP contribution in [0.25, 0.3) is 0 Å². The molecule has 1 unspecified atom stereocenters. The Kier molecular flexibility index (Phi) is 8.91. The maximum Gasteiger partial charge on any atom is 0.191 e. The first-order chi connectivity index (χ1) is 11.1. The van der Waals surface area contributed by atoms with E-state index in [1.54, 1.807) is 31.6 Å². The molecule has 6 nitrogen and oxygen atoms in total. The van der Waals surface area contributed by atoms with Crippen molar-refractivity contribution in [3.63, 3.8) is 0 Å². The Morgan fingerprint density at radius 3 is 2.50 bits per heavy atom. The lowest BCUT2D eigenvalue weighted by molar-refractivity contribution is 0.0437. The lowest BCUT2D eigenvalue weighted by Gasteiger charge is -2.19. The fourth-order valence-electron chi connectivity index (χ4n) is 2.07. The number of rotatable bonds is 8. The lowest BCUT2D eigenvalue weighted by atomic mass is 10.0. The largest absolute Gasteiger partial charge is 0.469 e. The van der Waals surface area contributed by atoms with Crippen LogP contribution in [-0.2, 0) is 12.0 Å². The summed E-state index contributed by atoms with van der Waals surface area (Å²) in [5, 5.41) is 16.9. The molecule has 134 valence electrons. The normalized spacial score (nSPS) is 13.9. The average Bonchev–Trinajstić information content (AvgIpc) is 3.22. The fraction of sp³-hybridized carbons (Fsp3) is 0.471. The van der Waals surface area contributed by atoms with E-state index >= 15 is 0 Å². The van der Waals surface area contributed by atoms with Gasteiger partial charge in [-0.1, -0.05) is 6.92 Å². The molecule has 0 saturated heterocycles. The van der Waals surface area contributed by atoms with Crippen molar-refractivity contribution in [1.82, 2.24) is 10.6 Å². The number of nitrogens with zero attached hydrogens (tertiary/aromatic N) is 1. The first-order valence-electron chi connectivity index (χ1n) is 7.93. The van der Waals surface area contributed by atoms with Crippen LogP contribution < -0.4 is 10.6 Å². The summed E-state index contributed by atoms with van der Waals surface area (Å²) in [5.74, 6) is 2.10. The van der Waals surface area contributed by atoms with Crippen molar-refractivity contribution in [1.29, 1.82) is 0 Å². The van der Waals surface area contributed by atoms with Gasteiger partial charge in [-0.05, 0) is 37.6 Å². The average molecular weight is 447 g/mol. The molecular weight excluding hydrogens is 421 g/mol. The van der Waals surface area contributed by atoms with Gasteiger partial charge in [0.15, 0.2) is 5.96 Å². The third-order valence-corrected chi connectivity index (χ3v) is 3.38. The third-order valence-electron chi connectivity index (χ3n) is 3.38. The molecule has 0 spiro atoms. The second-order valence-corrected chi connectivity index (χ2v) is 5.60. The van der Waals surface area contributed by atoms with E-state index in [4.69, 9.17) is 8.83 Å². The van der Waals surface area contributed by atoms with Gasteiger partial charge in [0.2, 0.25) is 0 Å². The van der Waals surface area contributed by atoms with Gasteiger partial charge in [0.1, 0.15) is 17.1 Å². The number of guanidine groups is 1. The van der Waals surface area contributed by atoms with E-state index < -0.39 is 5.60 Å². The molecule has 0 amide bonds. The predicted molar refractivity (Wildman–Crippen MR) is 105 cm³/mol. The molecule has 7 heteroatoms. The van der Waals surface area contributed by atoms with Crippen LogP contribution in [0.2, 0.25) is 0 Å².